The Bertz CT molecular complexity index is 1290. The molecular formula is C28H28FN3O3. The summed E-state index contributed by atoms with van der Waals surface area (Å²) in [6.07, 6.45) is 0.765. The van der Waals surface area contributed by atoms with Gasteiger partial charge in [-0.1, -0.05) is 37.3 Å². The molecule has 1 aromatic heterocycles. The lowest BCUT2D eigenvalue weighted by Gasteiger charge is -2.23. The van der Waals surface area contributed by atoms with Crippen LogP contribution in [0.4, 0.5) is 4.39 Å². The lowest BCUT2D eigenvalue weighted by atomic mass is 10.1. The largest absolute Gasteiger partial charge is 0.493 e. The first kappa shape index (κ1) is 24.0. The third kappa shape index (κ3) is 5.35. The van der Waals surface area contributed by atoms with Gasteiger partial charge in [-0.05, 0) is 61.9 Å². The number of methoxy groups -OCH3 is 1. The van der Waals surface area contributed by atoms with Crippen molar-refractivity contribution in [2.75, 3.05) is 13.7 Å². The molecule has 0 saturated carbocycles. The zero-order valence-electron chi connectivity index (χ0n) is 20.1. The van der Waals surface area contributed by atoms with Crippen LogP contribution in [0.15, 0.2) is 78.9 Å². The fourth-order valence-corrected chi connectivity index (χ4v) is 3.86. The van der Waals surface area contributed by atoms with Gasteiger partial charge in [0.15, 0.2) is 11.5 Å². The molecule has 0 fully saturated rings. The Hall–Kier alpha value is -4.13. The predicted molar refractivity (Wildman–Crippen MR) is 133 cm³/mol. The highest BCUT2D eigenvalue weighted by Crippen LogP contribution is 2.36. The number of carbonyl (C=O) groups excluding carboxylic acids is 1. The molecule has 180 valence electrons. The summed E-state index contributed by atoms with van der Waals surface area (Å²) in [5.74, 6) is 1.08. The van der Waals surface area contributed by atoms with Gasteiger partial charge in [0.2, 0.25) is 5.88 Å². The van der Waals surface area contributed by atoms with E-state index in [2.05, 4.69) is 0 Å². The number of hydrogen-bond donors (Lipinski definition) is 0. The highest BCUT2D eigenvalue weighted by molar-refractivity contribution is 5.94. The number of carbonyl (C=O) groups is 1. The van der Waals surface area contributed by atoms with Crippen molar-refractivity contribution in [1.82, 2.24) is 14.7 Å². The number of nitrogens with zero attached hydrogens (tertiary/aromatic N) is 3. The van der Waals surface area contributed by atoms with Gasteiger partial charge >= 0.3 is 0 Å². The van der Waals surface area contributed by atoms with Crippen LogP contribution < -0.4 is 9.47 Å². The number of amides is 1. The molecule has 0 saturated heterocycles. The van der Waals surface area contributed by atoms with E-state index in [1.54, 1.807) is 16.7 Å². The first-order chi connectivity index (χ1) is 17.0. The first-order valence-electron chi connectivity index (χ1n) is 11.5. The standard InChI is InChI=1S/C28H28FN3O3/c1-4-18-31(27(33)21-14-16-22(29)17-15-21)19-24-20(2)30-32(23-10-6-5-7-11-23)28(24)35-26-13-9-8-12-25(26)34-3/h5-17H,4,18-19H2,1-3H3. The average Bonchev–Trinajstić information content (AvgIpc) is 3.19. The zero-order valence-corrected chi connectivity index (χ0v) is 20.1. The van der Waals surface area contributed by atoms with E-state index in [9.17, 15) is 9.18 Å². The van der Waals surface area contributed by atoms with Crippen LogP contribution in [0.25, 0.3) is 5.69 Å². The number of benzene rings is 3. The van der Waals surface area contributed by atoms with E-state index in [1.165, 1.54) is 24.3 Å². The van der Waals surface area contributed by atoms with Crippen molar-refractivity contribution in [2.45, 2.75) is 26.8 Å². The molecule has 0 atom stereocenters. The van der Waals surface area contributed by atoms with E-state index >= 15 is 0 Å². The Morgan fingerprint density at radius 2 is 1.63 bits per heavy atom. The van der Waals surface area contributed by atoms with Crippen molar-refractivity contribution < 1.29 is 18.7 Å². The van der Waals surface area contributed by atoms with Crippen LogP contribution in [0, 0.1) is 12.7 Å². The zero-order chi connectivity index (χ0) is 24.8. The average molecular weight is 474 g/mol. The lowest BCUT2D eigenvalue weighted by Crippen LogP contribution is -2.31. The minimum absolute atomic E-state index is 0.179. The van der Waals surface area contributed by atoms with Crippen LogP contribution in [0.2, 0.25) is 0 Å². The van der Waals surface area contributed by atoms with Crippen molar-refractivity contribution >= 4 is 5.91 Å². The molecule has 3 aromatic carbocycles. The molecule has 0 aliphatic heterocycles. The van der Waals surface area contributed by atoms with Crippen molar-refractivity contribution in [3.8, 4) is 23.1 Å². The molecule has 0 spiro atoms. The number of rotatable bonds is 9. The van der Waals surface area contributed by atoms with Gasteiger partial charge in [-0.2, -0.15) is 5.10 Å². The number of halogens is 1. The van der Waals surface area contributed by atoms with Gasteiger partial charge in [0.1, 0.15) is 5.82 Å². The summed E-state index contributed by atoms with van der Waals surface area (Å²) in [6, 6.07) is 22.7. The van der Waals surface area contributed by atoms with Gasteiger partial charge in [-0.15, -0.1) is 0 Å². The monoisotopic (exact) mass is 473 g/mol. The summed E-state index contributed by atoms with van der Waals surface area (Å²) in [5.41, 5.74) is 2.79. The Morgan fingerprint density at radius 3 is 2.29 bits per heavy atom. The number of ether oxygens (including phenoxy) is 2. The fraction of sp³-hybridized carbons (Fsp3) is 0.214. The maximum absolute atomic E-state index is 13.4. The van der Waals surface area contributed by atoms with Crippen LogP contribution in [0.1, 0.15) is 35.0 Å². The van der Waals surface area contributed by atoms with Crippen LogP contribution in [-0.4, -0.2) is 34.2 Å². The number of para-hydroxylation sites is 3. The van der Waals surface area contributed by atoms with Crippen molar-refractivity contribution in [3.63, 3.8) is 0 Å². The second-order valence-corrected chi connectivity index (χ2v) is 8.10. The molecule has 0 aliphatic rings. The third-order valence-corrected chi connectivity index (χ3v) is 5.63. The van der Waals surface area contributed by atoms with E-state index in [-0.39, 0.29) is 18.3 Å². The highest BCUT2D eigenvalue weighted by Gasteiger charge is 2.24. The molecule has 7 heteroatoms. The first-order valence-corrected chi connectivity index (χ1v) is 11.5. The molecule has 35 heavy (non-hydrogen) atoms. The van der Waals surface area contributed by atoms with Crippen LogP contribution in [0.3, 0.4) is 0 Å². The van der Waals surface area contributed by atoms with E-state index in [4.69, 9.17) is 14.6 Å². The molecular weight excluding hydrogens is 445 g/mol. The van der Waals surface area contributed by atoms with Gasteiger partial charge in [-0.3, -0.25) is 4.79 Å². The quantitative estimate of drug-likeness (QED) is 0.292. The smallest absolute Gasteiger partial charge is 0.254 e. The van der Waals surface area contributed by atoms with Crippen molar-refractivity contribution in [2.24, 2.45) is 0 Å². The van der Waals surface area contributed by atoms with Gasteiger partial charge < -0.3 is 14.4 Å². The normalized spacial score (nSPS) is 10.7. The van der Waals surface area contributed by atoms with E-state index in [1.807, 2.05) is 68.4 Å². The summed E-state index contributed by atoms with van der Waals surface area (Å²) in [5, 5.41) is 4.75. The number of aryl methyl sites for hydroxylation is 1. The summed E-state index contributed by atoms with van der Waals surface area (Å²) in [4.78, 5) is 15.1. The van der Waals surface area contributed by atoms with Crippen molar-refractivity contribution in [3.05, 3.63) is 102 Å². The molecule has 4 rings (SSSR count). The summed E-state index contributed by atoms with van der Waals surface area (Å²) in [7, 11) is 1.59. The van der Waals surface area contributed by atoms with Crippen LogP contribution in [-0.2, 0) is 6.54 Å². The van der Waals surface area contributed by atoms with Crippen LogP contribution >= 0.6 is 0 Å². The van der Waals surface area contributed by atoms with E-state index in [0.717, 1.165) is 23.4 Å². The summed E-state index contributed by atoms with van der Waals surface area (Å²) < 4.78 is 27.1. The Morgan fingerprint density at radius 1 is 0.971 bits per heavy atom. The Balaban J connectivity index is 1.77. The number of aromatic nitrogens is 2. The third-order valence-electron chi connectivity index (χ3n) is 5.63. The fourth-order valence-electron chi connectivity index (χ4n) is 3.86. The molecule has 0 N–H and O–H groups in total. The maximum Gasteiger partial charge on any atom is 0.254 e. The molecule has 0 bridgehead atoms. The molecule has 6 nitrogen and oxygen atoms in total. The SMILES string of the molecule is CCCN(Cc1c(C)nn(-c2ccccc2)c1Oc1ccccc1OC)C(=O)c1ccc(F)cc1. The molecule has 1 amide bonds. The summed E-state index contributed by atoms with van der Waals surface area (Å²) >= 11 is 0. The van der Waals surface area contributed by atoms with Gasteiger partial charge in [0.25, 0.3) is 5.91 Å². The lowest BCUT2D eigenvalue weighted by molar-refractivity contribution is 0.0742. The van der Waals surface area contributed by atoms with E-state index in [0.29, 0.717) is 29.5 Å². The van der Waals surface area contributed by atoms with E-state index < -0.39 is 0 Å². The maximum atomic E-state index is 13.4. The molecule has 0 aliphatic carbocycles. The number of hydrogen-bond acceptors (Lipinski definition) is 4. The molecule has 4 aromatic rings. The minimum atomic E-state index is -0.379. The topological polar surface area (TPSA) is 56.6 Å². The van der Waals surface area contributed by atoms with Crippen LogP contribution in [0.5, 0.6) is 17.4 Å². The second kappa shape index (κ2) is 10.9. The predicted octanol–water partition coefficient (Wildman–Crippen LogP) is 6.17. The van der Waals surface area contributed by atoms with Crippen molar-refractivity contribution in [1.29, 1.82) is 0 Å². The highest BCUT2D eigenvalue weighted by atomic mass is 19.1. The molecule has 1 heterocycles. The van der Waals surface area contributed by atoms with Gasteiger partial charge in [0, 0.05) is 12.1 Å². The minimum Gasteiger partial charge on any atom is -0.493 e. The van der Waals surface area contributed by atoms with Gasteiger partial charge in [0.05, 0.1) is 30.6 Å². The second-order valence-electron chi connectivity index (χ2n) is 8.10. The Kier molecular flexibility index (Phi) is 7.45. The molecule has 0 unspecified atom stereocenters. The Labute approximate surface area is 204 Å². The van der Waals surface area contributed by atoms with Gasteiger partial charge in [-0.25, -0.2) is 9.07 Å². The summed E-state index contributed by atoms with van der Waals surface area (Å²) in [6.45, 7) is 4.72. The molecule has 0 radical (unpaired) electrons.